The first-order valence-electron chi connectivity index (χ1n) is 22.1. The Morgan fingerprint density at radius 2 is 1.23 bits per heavy atom. The molecule has 3 fully saturated rings. The molecule has 0 saturated carbocycles. The lowest BCUT2D eigenvalue weighted by Crippen LogP contribution is -2.69. The van der Waals surface area contributed by atoms with Crippen LogP contribution < -0.4 is 0 Å². The smallest absolute Gasteiger partial charge is 0.192 e. The Balaban J connectivity index is 1.60. The van der Waals surface area contributed by atoms with Gasteiger partial charge in [0, 0.05) is 5.56 Å². The largest absolute Gasteiger partial charge is 0.414 e. The van der Waals surface area contributed by atoms with Crippen LogP contribution in [0.25, 0.3) is 0 Å². The van der Waals surface area contributed by atoms with Crippen LogP contribution in [0.1, 0.15) is 79.7 Å². The summed E-state index contributed by atoms with van der Waals surface area (Å²) in [7, 11) is -7.44. The molecule has 61 heavy (non-hydrogen) atoms. The molecule has 3 aliphatic heterocycles. The van der Waals surface area contributed by atoms with Crippen LogP contribution in [0.5, 0.6) is 0 Å². The second kappa shape index (κ2) is 19.9. The third-order valence-corrected chi connectivity index (χ3v) is 27.3. The van der Waals surface area contributed by atoms with Crippen molar-refractivity contribution >= 4 is 25.0 Å². The van der Waals surface area contributed by atoms with Crippen molar-refractivity contribution in [1.29, 1.82) is 0 Å². The van der Waals surface area contributed by atoms with Crippen LogP contribution in [-0.4, -0.2) is 111 Å². The minimum atomic E-state index is -2.58. The zero-order valence-corrected chi connectivity index (χ0v) is 42.8. The number of benzene rings is 2. The van der Waals surface area contributed by atoms with Crippen LogP contribution >= 0.6 is 0 Å². The molecule has 1 N–H and O–H groups in total. The number of fused-ring (bicyclic) bond motifs is 1. The minimum Gasteiger partial charge on any atom is -0.414 e. The molecule has 3 heterocycles. The second-order valence-electron chi connectivity index (χ2n) is 21.5. The van der Waals surface area contributed by atoms with Gasteiger partial charge in [-0.2, -0.15) is 0 Å². The van der Waals surface area contributed by atoms with Gasteiger partial charge >= 0.3 is 0 Å². The van der Waals surface area contributed by atoms with Crippen molar-refractivity contribution in [2.45, 2.75) is 191 Å². The first kappa shape index (κ1) is 50.4. The van der Waals surface area contributed by atoms with E-state index in [1.165, 1.54) is 0 Å². The standard InChI is InChI=1S/C47H78O11Si3/c1-17-28-49-40-38-34(30-51-42(55-38)33-26-22-19-23-27-33)54-44(41(40)58-61(15,16)47(8,9)10)56-37-35(31-52-59(11,12)45(2,3)4)53-43(50-29-32-24-20-18-21-25-32)36(48)39(37)57-60(13,14)46(5,6)7/h17-27,34-44,48H,1,28-31H2,2-16H3/t34-,35-,36-,37-,38+,39-,40+,41-,42?,43+,44+/m1/s1. The van der Waals surface area contributed by atoms with E-state index in [-0.39, 0.29) is 41.5 Å². The Labute approximate surface area is 370 Å². The molecule has 0 amide bonds. The van der Waals surface area contributed by atoms with E-state index in [0.717, 1.165) is 11.1 Å². The summed E-state index contributed by atoms with van der Waals surface area (Å²) in [5.74, 6) is 0. The fourth-order valence-corrected chi connectivity index (χ4v) is 10.4. The first-order valence-corrected chi connectivity index (χ1v) is 30.8. The molecule has 0 aromatic heterocycles. The van der Waals surface area contributed by atoms with E-state index in [1.807, 2.05) is 60.7 Å². The fourth-order valence-electron chi connectivity index (χ4n) is 6.84. The van der Waals surface area contributed by atoms with Crippen molar-refractivity contribution in [1.82, 2.24) is 0 Å². The predicted molar refractivity (Wildman–Crippen MR) is 247 cm³/mol. The lowest BCUT2D eigenvalue weighted by Gasteiger charge is -2.54. The Morgan fingerprint density at radius 1 is 0.672 bits per heavy atom. The monoisotopic (exact) mass is 902 g/mol. The van der Waals surface area contributed by atoms with Crippen molar-refractivity contribution in [2.24, 2.45) is 0 Å². The maximum Gasteiger partial charge on any atom is 0.192 e. The van der Waals surface area contributed by atoms with Gasteiger partial charge in [-0.1, -0.05) is 129 Å². The van der Waals surface area contributed by atoms with Crippen molar-refractivity contribution < 1.29 is 51.5 Å². The minimum absolute atomic E-state index is 0.0737. The molecule has 0 spiro atoms. The van der Waals surface area contributed by atoms with Crippen molar-refractivity contribution in [3.05, 3.63) is 84.4 Å². The van der Waals surface area contributed by atoms with Gasteiger partial charge in [0.1, 0.15) is 48.8 Å². The molecule has 0 aliphatic carbocycles. The van der Waals surface area contributed by atoms with Crippen LogP contribution in [0.15, 0.2) is 73.3 Å². The number of aliphatic hydroxyl groups excluding tert-OH is 1. The highest BCUT2D eigenvalue weighted by molar-refractivity contribution is 6.75. The highest BCUT2D eigenvalue weighted by Crippen LogP contribution is 2.45. The Morgan fingerprint density at radius 3 is 1.79 bits per heavy atom. The van der Waals surface area contributed by atoms with Crippen LogP contribution in [-0.2, 0) is 53.0 Å². The molecule has 2 aromatic carbocycles. The molecule has 1 unspecified atom stereocenters. The van der Waals surface area contributed by atoms with Gasteiger partial charge in [0.2, 0.25) is 0 Å². The summed E-state index contributed by atoms with van der Waals surface area (Å²) in [5, 5.41) is 12.0. The van der Waals surface area contributed by atoms with Crippen LogP contribution in [0.3, 0.4) is 0 Å². The van der Waals surface area contributed by atoms with Gasteiger partial charge < -0.3 is 51.5 Å². The molecule has 5 rings (SSSR count). The quantitative estimate of drug-likeness (QED) is 0.128. The zero-order valence-electron chi connectivity index (χ0n) is 39.8. The summed E-state index contributed by atoms with van der Waals surface area (Å²) in [6, 6.07) is 19.8. The number of hydrogen-bond acceptors (Lipinski definition) is 11. The third kappa shape index (κ3) is 12.2. The number of hydrogen-bond donors (Lipinski definition) is 1. The zero-order chi connectivity index (χ0) is 45.2. The summed E-state index contributed by atoms with van der Waals surface area (Å²) in [4.78, 5) is 0. The molecule has 0 bridgehead atoms. The molecule has 344 valence electrons. The Hall–Kier alpha value is -1.61. The predicted octanol–water partition coefficient (Wildman–Crippen LogP) is 9.89. The fraction of sp³-hybridized carbons (Fsp3) is 0.702. The number of rotatable bonds is 16. The van der Waals surface area contributed by atoms with Crippen molar-refractivity contribution in [3.63, 3.8) is 0 Å². The summed E-state index contributed by atoms with van der Waals surface area (Å²) in [6.07, 6.45) is -7.15. The van der Waals surface area contributed by atoms with Gasteiger partial charge in [-0.25, -0.2) is 0 Å². The topological polar surface area (TPSA) is 113 Å². The molecule has 11 nitrogen and oxygen atoms in total. The van der Waals surface area contributed by atoms with Gasteiger partial charge in [-0.3, -0.25) is 0 Å². The van der Waals surface area contributed by atoms with E-state index in [2.05, 4.69) is 108 Å². The molecular weight excluding hydrogens is 825 g/mol. The van der Waals surface area contributed by atoms with Crippen LogP contribution in [0.2, 0.25) is 54.4 Å². The molecule has 11 atom stereocenters. The Kier molecular flexibility index (Phi) is 16.4. The molecule has 14 heteroatoms. The number of aliphatic hydroxyl groups is 1. The average Bonchev–Trinajstić information content (AvgIpc) is 3.17. The lowest BCUT2D eigenvalue weighted by molar-refractivity contribution is -0.385. The molecule has 3 aliphatic rings. The van der Waals surface area contributed by atoms with Crippen LogP contribution in [0, 0.1) is 0 Å². The first-order chi connectivity index (χ1) is 28.3. The van der Waals surface area contributed by atoms with Gasteiger partial charge in [0.05, 0.1) is 26.4 Å². The molecule has 2 aromatic rings. The molecular formula is C47H78O11Si3. The van der Waals surface area contributed by atoms with E-state index in [4.69, 9.17) is 46.4 Å². The van der Waals surface area contributed by atoms with E-state index in [1.54, 1.807) is 6.08 Å². The SMILES string of the molecule is C=CCO[C@H]1[C@H]2OC(c3ccccc3)OC[C@H]2O[C@@H](O[C@H]2[C@H](O[Si](C)(C)C(C)(C)C)[C@@H](O)[C@@H](OCc3ccccc3)O[C@@H]2CO[Si](C)(C)C(C)(C)C)[C@@H]1O[Si](C)(C)C(C)(C)C. The number of ether oxygens (including phenoxy) is 7. The maximum absolute atomic E-state index is 12.5. The maximum atomic E-state index is 12.5. The van der Waals surface area contributed by atoms with Gasteiger partial charge in [0.15, 0.2) is 43.8 Å². The highest BCUT2D eigenvalue weighted by Gasteiger charge is 2.58. The van der Waals surface area contributed by atoms with E-state index < -0.39 is 92.7 Å². The lowest BCUT2D eigenvalue weighted by atomic mass is 9.96. The second-order valence-corrected chi connectivity index (χ2v) is 35.8. The normalized spacial score (nSPS) is 30.8. The van der Waals surface area contributed by atoms with Crippen molar-refractivity contribution in [2.75, 3.05) is 19.8 Å². The summed E-state index contributed by atoms with van der Waals surface area (Å²) >= 11 is 0. The van der Waals surface area contributed by atoms with E-state index in [9.17, 15) is 5.11 Å². The van der Waals surface area contributed by atoms with Gasteiger partial charge in [-0.15, -0.1) is 6.58 Å². The van der Waals surface area contributed by atoms with E-state index in [0.29, 0.717) is 0 Å². The Bertz CT molecular complexity index is 1670. The van der Waals surface area contributed by atoms with Gasteiger partial charge in [0.25, 0.3) is 0 Å². The average molecular weight is 903 g/mol. The van der Waals surface area contributed by atoms with E-state index >= 15 is 0 Å². The summed E-state index contributed by atoms with van der Waals surface area (Å²) in [6.45, 7) is 37.9. The summed E-state index contributed by atoms with van der Waals surface area (Å²) in [5.41, 5.74) is 1.86. The third-order valence-electron chi connectivity index (χ3n) is 13.8. The highest BCUT2D eigenvalue weighted by atomic mass is 28.4. The van der Waals surface area contributed by atoms with Crippen molar-refractivity contribution in [3.8, 4) is 0 Å². The van der Waals surface area contributed by atoms with Gasteiger partial charge in [-0.05, 0) is 60.0 Å². The summed E-state index contributed by atoms with van der Waals surface area (Å²) < 4.78 is 68.9. The molecule has 0 radical (unpaired) electrons. The molecule has 3 saturated heterocycles. The van der Waals surface area contributed by atoms with Crippen LogP contribution in [0.4, 0.5) is 0 Å².